The first-order valence-electron chi connectivity index (χ1n) is 6.33. The van der Waals surface area contributed by atoms with Gasteiger partial charge < -0.3 is 10.2 Å². The van der Waals surface area contributed by atoms with Crippen molar-refractivity contribution < 1.29 is 4.42 Å². The number of rotatable bonds is 5. The molecule has 102 valence electrons. The van der Waals surface area contributed by atoms with Gasteiger partial charge in [-0.15, -0.1) is 0 Å². The Morgan fingerprint density at radius 2 is 2.05 bits per heavy atom. The predicted octanol–water partition coefficient (Wildman–Crippen LogP) is 3.63. The second-order valence-electron chi connectivity index (χ2n) is 4.67. The molecule has 2 aromatic rings. The SMILES string of the molecule is CC(c1ccccc1Cl)N(C)C(CN)c1ccoc1. The Bertz CT molecular complexity index is 513. The van der Waals surface area contributed by atoms with Gasteiger partial charge in [0.1, 0.15) is 0 Å². The van der Waals surface area contributed by atoms with E-state index in [0.29, 0.717) is 6.54 Å². The zero-order valence-electron chi connectivity index (χ0n) is 11.2. The topological polar surface area (TPSA) is 42.4 Å². The van der Waals surface area contributed by atoms with Crippen molar-refractivity contribution in [1.29, 1.82) is 0 Å². The highest BCUT2D eigenvalue weighted by Crippen LogP contribution is 2.31. The Labute approximate surface area is 119 Å². The highest BCUT2D eigenvalue weighted by molar-refractivity contribution is 6.31. The van der Waals surface area contributed by atoms with Crippen molar-refractivity contribution in [2.75, 3.05) is 13.6 Å². The molecule has 0 saturated heterocycles. The molecule has 2 rings (SSSR count). The average Bonchev–Trinajstić information content (AvgIpc) is 2.93. The van der Waals surface area contributed by atoms with E-state index in [0.717, 1.165) is 16.1 Å². The number of furan rings is 1. The van der Waals surface area contributed by atoms with E-state index in [2.05, 4.69) is 18.9 Å². The standard InChI is InChI=1S/C15H19ClN2O/c1-11(13-5-3-4-6-14(13)16)18(2)15(9-17)12-7-8-19-10-12/h3-8,10-11,15H,9,17H2,1-2H3. The molecule has 2 atom stereocenters. The van der Waals surface area contributed by atoms with Crippen molar-refractivity contribution in [3.63, 3.8) is 0 Å². The summed E-state index contributed by atoms with van der Waals surface area (Å²) in [7, 11) is 2.05. The maximum Gasteiger partial charge on any atom is 0.0950 e. The van der Waals surface area contributed by atoms with E-state index in [-0.39, 0.29) is 12.1 Å². The van der Waals surface area contributed by atoms with E-state index in [1.807, 2.05) is 30.3 Å². The molecular weight excluding hydrogens is 260 g/mol. The van der Waals surface area contributed by atoms with Gasteiger partial charge in [-0.1, -0.05) is 29.8 Å². The molecule has 0 aliphatic rings. The monoisotopic (exact) mass is 278 g/mol. The van der Waals surface area contributed by atoms with Gasteiger partial charge in [0.15, 0.2) is 0 Å². The number of nitrogens with two attached hydrogens (primary N) is 1. The van der Waals surface area contributed by atoms with Crippen LogP contribution in [0.15, 0.2) is 47.3 Å². The number of hydrogen-bond donors (Lipinski definition) is 1. The molecule has 1 aromatic heterocycles. The van der Waals surface area contributed by atoms with Crippen LogP contribution in [0.5, 0.6) is 0 Å². The quantitative estimate of drug-likeness (QED) is 0.908. The second-order valence-corrected chi connectivity index (χ2v) is 5.08. The van der Waals surface area contributed by atoms with Gasteiger partial charge in [0.25, 0.3) is 0 Å². The van der Waals surface area contributed by atoms with E-state index in [1.165, 1.54) is 0 Å². The number of hydrogen-bond acceptors (Lipinski definition) is 3. The summed E-state index contributed by atoms with van der Waals surface area (Å²) in [6.45, 7) is 2.66. The normalized spacial score (nSPS) is 14.6. The molecule has 0 aliphatic heterocycles. The third kappa shape index (κ3) is 3.00. The lowest BCUT2D eigenvalue weighted by Crippen LogP contribution is -2.32. The van der Waals surface area contributed by atoms with Gasteiger partial charge >= 0.3 is 0 Å². The molecule has 19 heavy (non-hydrogen) atoms. The molecule has 4 heteroatoms. The largest absolute Gasteiger partial charge is 0.472 e. The molecule has 1 aromatic carbocycles. The van der Waals surface area contributed by atoms with Crippen LogP contribution in [0.3, 0.4) is 0 Å². The van der Waals surface area contributed by atoms with Crippen LogP contribution in [-0.4, -0.2) is 18.5 Å². The van der Waals surface area contributed by atoms with E-state index >= 15 is 0 Å². The molecule has 0 aliphatic carbocycles. The molecule has 0 radical (unpaired) electrons. The van der Waals surface area contributed by atoms with Crippen molar-refractivity contribution in [2.45, 2.75) is 19.0 Å². The van der Waals surface area contributed by atoms with Crippen molar-refractivity contribution in [2.24, 2.45) is 5.73 Å². The first kappa shape index (κ1) is 14.1. The molecule has 1 heterocycles. The number of benzene rings is 1. The predicted molar refractivity (Wildman–Crippen MR) is 78.1 cm³/mol. The van der Waals surface area contributed by atoms with Crippen molar-refractivity contribution in [3.05, 3.63) is 59.0 Å². The van der Waals surface area contributed by atoms with Crippen molar-refractivity contribution in [1.82, 2.24) is 4.90 Å². The summed E-state index contributed by atoms with van der Waals surface area (Å²) in [4.78, 5) is 2.21. The minimum Gasteiger partial charge on any atom is -0.472 e. The number of nitrogens with zero attached hydrogens (tertiary/aromatic N) is 1. The van der Waals surface area contributed by atoms with Gasteiger partial charge in [0.05, 0.1) is 18.6 Å². The van der Waals surface area contributed by atoms with E-state index in [4.69, 9.17) is 21.8 Å². The molecule has 3 nitrogen and oxygen atoms in total. The van der Waals surface area contributed by atoms with E-state index in [9.17, 15) is 0 Å². The van der Waals surface area contributed by atoms with Crippen LogP contribution in [0.2, 0.25) is 5.02 Å². The van der Waals surface area contributed by atoms with Gasteiger partial charge in [-0.3, -0.25) is 4.90 Å². The third-order valence-electron chi connectivity index (χ3n) is 3.61. The molecule has 2 N–H and O–H groups in total. The second kappa shape index (κ2) is 6.24. The van der Waals surface area contributed by atoms with Gasteiger partial charge in [-0.2, -0.15) is 0 Å². The summed E-state index contributed by atoms with van der Waals surface area (Å²) in [6.07, 6.45) is 3.42. The smallest absolute Gasteiger partial charge is 0.0950 e. The molecule has 0 saturated carbocycles. The van der Waals surface area contributed by atoms with Crippen LogP contribution in [-0.2, 0) is 0 Å². The van der Waals surface area contributed by atoms with Gasteiger partial charge in [0, 0.05) is 23.2 Å². The average molecular weight is 279 g/mol. The Hall–Kier alpha value is -1.29. The highest BCUT2D eigenvalue weighted by Gasteiger charge is 2.23. The molecular formula is C15H19ClN2O. The van der Waals surface area contributed by atoms with Crippen LogP contribution in [0.25, 0.3) is 0 Å². The Balaban J connectivity index is 2.23. The van der Waals surface area contributed by atoms with Gasteiger partial charge in [-0.05, 0) is 31.7 Å². The zero-order valence-corrected chi connectivity index (χ0v) is 12.0. The number of likely N-dealkylation sites (N-methyl/N-ethyl adjacent to an activating group) is 1. The maximum absolute atomic E-state index is 6.26. The summed E-state index contributed by atoms with van der Waals surface area (Å²) in [5.74, 6) is 0. The summed E-state index contributed by atoms with van der Waals surface area (Å²) in [5.41, 5.74) is 8.09. The van der Waals surface area contributed by atoms with E-state index < -0.39 is 0 Å². The molecule has 0 amide bonds. The lowest BCUT2D eigenvalue weighted by atomic mass is 10.0. The molecule has 0 bridgehead atoms. The van der Waals surface area contributed by atoms with Crippen LogP contribution >= 0.6 is 11.6 Å². The molecule has 0 fully saturated rings. The Morgan fingerprint density at radius 3 is 2.63 bits per heavy atom. The third-order valence-corrected chi connectivity index (χ3v) is 3.95. The van der Waals surface area contributed by atoms with Crippen LogP contribution in [0.4, 0.5) is 0 Å². The highest BCUT2D eigenvalue weighted by atomic mass is 35.5. The Morgan fingerprint density at radius 1 is 1.32 bits per heavy atom. The van der Waals surface area contributed by atoms with Crippen LogP contribution in [0, 0.1) is 0 Å². The lowest BCUT2D eigenvalue weighted by molar-refractivity contribution is 0.189. The van der Waals surface area contributed by atoms with Crippen molar-refractivity contribution in [3.8, 4) is 0 Å². The minimum absolute atomic E-state index is 0.116. The lowest BCUT2D eigenvalue weighted by Gasteiger charge is -2.32. The summed E-state index contributed by atoms with van der Waals surface area (Å²) in [5, 5.41) is 0.782. The fourth-order valence-electron chi connectivity index (χ4n) is 2.31. The van der Waals surface area contributed by atoms with E-state index in [1.54, 1.807) is 12.5 Å². The van der Waals surface area contributed by atoms with Crippen LogP contribution < -0.4 is 5.73 Å². The first-order chi connectivity index (χ1) is 9.15. The first-order valence-corrected chi connectivity index (χ1v) is 6.71. The Kier molecular flexibility index (Phi) is 4.64. The molecule has 0 spiro atoms. The number of halogens is 1. The fraction of sp³-hybridized carbons (Fsp3) is 0.333. The zero-order chi connectivity index (χ0) is 13.8. The summed E-state index contributed by atoms with van der Waals surface area (Å²) in [6, 6.07) is 10.1. The van der Waals surface area contributed by atoms with Crippen molar-refractivity contribution >= 4 is 11.6 Å². The maximum atomic E-state index is 6.26. The van der Waals surface area contributed by atoms with Gasteiger partial charge in [0.2, 0.25) is 0 Å². The van der Waals surface area contributed by atoms with Crippen LogP contribution in [0.1, 0.15) is 30.1 Å². The summed E-state index contributed by atoms with van der Waals surface area (Å²) < 4.78 is 5.15. The minimum atomic E-state index is 0.116. The molecule has 2 unspecified atom stereocenters. The summed E-state index contributed by atoms with van der Waals surface area (Å²) >= 11 is 6.26. The van der Waals surface area contributed by atoms with Gasteiger partial charge in [-0.25, -0.2) is 0 Å². The fourth-order valence-corrected chi connectivity index (χ4v) is 2.60.